The average molecular weight is 480 g/mol. The van der Waals surface area contributed by atoms with Crippen molar-refractivity contribution in [1.82, 2.24) is 10.3 Å². The maximum absolute atomic E-state index is 12.5. The largest absolute Gasteiger partial charge is 0.481 e. The highest BCUT2D eigenvalue weighted by Gasteiger charge is 2.29. The SMILES string of the molecule is CC(C)(CCC(=O)O)NC(=O)c1cnc(NC(=O)OCC2c3ccccc3-c3ccccc32)s1. The summed E-state index contributed by atoms with van der Waals surface area (Å²) in [7, 11) is 0. The molecule has 2 amide bonds. The number of nitrogens with one attached hydrogen (secondary N) is 2. The Balaban J connectivity index is 1.34. The molecule has 0 unspecified atom stereocenters. The monoisotopic (exact) mass is 479 g/mol. The number of hydrogen-bond donors (Lipinski definition) is 3. The minimum Gasteiger partial charge on any atom is -0.481 e. The lowest BCUT2D eigenvalue weighted by Gasteiger charge is -2.25. The molecule has 4 rings (SSSR count). The number of hydrogen-bond acceptors (Lipinski definition) is 6. The normalized spacial score (nSPS) is 12.5. The van der Waals surface area contributed by atoms with Gasteiger partial charge < -0.3 is 15.2 Å². The van der Waals surface area contributed by atoms with Crippen molar-refractivity contribution in [3.05, 3.63) is 70.7 Å². The molecule has 0 aliphatic heterocycles. The molecule has 176 valence electrons. The summed E-state index contributed by atoms with van der Waals surface area (Å²) < 4.78 is 5.51. The van der Waals surface area contributed by atoms with E-state index in [0.717, 1.165) is 33.6 Å². The minimum absolute atomic E-state index is 0.0510. The van der Waals surface area contributed by atoms with Crippen LogP contribution >= 0.6 is 11.3 Å². The van der Waals surface area contributed by atoms with Crippen LogP contribution in [0.3, 0.4) is 0 Å². The molecular weight excluding hydrogens is 454 g/mol. The summed E-state index contributed by atoms with van der Waals surface area (Å²) in [5.74, 6) is -1.35. The predicted octanol–water partition coefficient (Wildman–Crippen LogP) is 4.88. The Morgan fingerprint density at radius 1 is 1.06 bits per heavy atom. The molecule has 0 fully saturated rings. The fraction of sp³-hybridized carbons (Fsp3) is 0.280. The van der Waals surface area contributed by atoms with E-state index in [1.807, 2.05) is 36.4 Å². The second-order valence-corrected chi connectivity index (χ2v) is 9.74. The minimum atomic E-state index is -0.922. The molecule has 2 aromatic carbocycles. The summed E-state index contributed by atoms with van der Waals surface area (Å²) in [6, 6.07) is 16.2. The first-order valence-corrected chi connectivity index (χ1v) is 11.7. The molecule has 0 atom stereocenters. The van der Waals surface area contributed by atoms with Crippen molar-refractivity contribution >= 4 is 34.4 Å². The molecule has 0 bridgehead atoms. The standard InChI is InChI=1S/C25H25N3O5S/c1-25(2,12-11-21(29)30)28-22(31)20-13-26-23(34-20)27-24(32)33-14-19-17-9-5-3-7-15(17)16-8-4-6-10-18(16)19/h3-10,13,19H,11-12,14H2,1-2H3,(H,28,31)(H,29,30)(H,26,27,32). The first-order chi connectivity index (χ1) is 16.2. The Bertz CT molecular complexity index is 1190. The number of carboxylic acid groups (broad SMARTS) is 1. The third kappa shape index (κ3) is 5.26. The first-order valence-electron chi connectivity index (χ1n) is 10.9. The number of carbonyl (C=O) groups is 3. The Labute approximate surface area is 201 Å². The summed E-state index contributed by atoms with van der Waals surface area (Å²) >= 11 is 1.02. The van der Waals surface area contributed by atoms with Crippen LogP contribution in [0.4, 0.5) is 9.93 Å². The lowest BCUT2D eigenvalue weighted by atomic mass is 9.98. The highest BCUT2D eigenvalue weighted by atomic mass is 32.1. The van der Waals surface area contributed by atoms with Gasteiger partial charge in [-0.1, -0.05) is 59.9 Å². The molecule has 1 heterocycles. The number of benzene rings is 2. The van der Waals surface area contributed by atoms with E-state index >= 15 is 0 Å². The lowest BCUT2D eigenvalue weighted by molar-refractivity contribution is -0.137. The number of ether oxygens (including phenoxy) is 1. The third-order valence-corrected chi connectivity index (χ3v) is 6.61. The number of fused-ring (bicyclic) bond motifs is 3. The highest BCUT2D eigenvalue weighted by molar-refractivity contribution is 7.17. The molecule has 1 aliphatic carbocycles. The number of anilines is 1. The van der Waals surface area contributed by atoms with Crippen LogP contribution in [0.2, 0.25) is 0 Å². The zero-order chi connectivity index (χ0) is 24.3. The topological polar surface area (TPSA) is 118 Å². The summed E-state index contributed by atoms with van der Waals surface area (Å²) in [6.07, 6.45) is 0.958. The molecule has 1 aromatic heterocycles. The van der Waals surface area contributed by atoms with E-state index in [4.69, 9.17) is 9.84 Å². The molecule has 3 N–H and O–H groups in total. The molecule has 3 aromatic rings. The van der Waals surface area contributed by atoms with Gasteiger partial charge in [0.15, 0.2) is 5.13 Å². The van der Waals surface area contributed by atoms with Crippen LogP contribution < -0.4 is 10.6 Å². The first kappa shape index (κ1) is 23.4. The van der Waals surface area contributed by atoms with Crippen LogP contribution in [0.5, 0.6) is 0 Å². The molecule has 1 aliphatic rings. The number of rotatable bonds is 8. The summed E-state index contributed by atoms with van der Waals surface area (Å²) in [4.78, 5) is 40.1. The fourth-order valence-corrected chi connectivity index (χ4v) is 4.71. The van der Waals surface area contributed by atoms with Crippen LogP contribution in [-0.4, -0.2) is 40.2 Å². The van der Waals surface area contributed by atoms with Crippen LogP contribution in [-0.2, 0) is 9.53 Å². The number of aliphatic carboxylic acids is 1. The number of thiazole rings is 1. The number of nitrogens with zero attached hydrogens (tertiary/aromatic N) is 1. The van der Waals surface area contributed by atoms with E-state index < -0.39 is 17.6 Å². The fourth-order valence-electron chi connectivity index (χ4n) is 4.01. The number of carboxylic acids is 1. The van der Waals surface area contributed by atoms with Gasteiger partial charge in [0.2, 0.25) is 0 Å². The van der Waals surface area contributed by atoms with Crippen molar-refractivity contribution in [3.63, 3.8) is 0 Å². The molecule has 0 saturated heterocycles. The quantitative estimate of drug-likeness (QED) is 0.424. The van der Waals surface area contributed by atoms with Gasteiger partial charge in [0.25, 0.3) is 5.91 Å². The number of aromatic nitrogens is 1. The summed E-state index contributed by atoms with van der Waals surface area (Å²) in [5, 5.41) is 14.5. The molecule has 0 spiro atoms. The van der Waals surface area contributed by atoms with E-state index in [1.54, 1.807) is 13.8 Å². The lowest BCUT2D eigenvalue weighted by Crippen LogP contribution is -2.43. The predicted molar refractivity (Wildman–Crippen MR) is 129 cm³/mol. The van der Waals surface area contributed by atoms with E-state index in [9.17, 15) is 14.4 Å². The highest BCUT2D eigenvalue weighted by Crippen LogP contribution is 2.44. The summed E-state index contributed by atoms with van der Waals surface area (Å²) in [6.45, 7) is 3.69. The molecule has 8 nitrogen and oxygen atoms in total. The van der Waals surface area contributed by atoms with Crippen molar-refractivity contribution in [3.8, 4) is 11.1 Å². The van der Waals surface area contributed by atoms with Crippen molar-refractivity contribution in [2.45, 2.75) is 38.1 Å². The third-order valence-electron chi connectivity index (χ3n) is 5.70. The molecular formula is C25H25N3O5S. The Morgan fingerprint density at radius 3 is 2.29 bits per heavy atom. The number of carbonyl (C=O) groups excluding carboxylic acids is 2. The molecule has 34 heavy (non-hydrogen) atoms. The van der Waals surface area contributed by atoms with Gasteiger partial charge in [0.05, 0.1) is 6.20 Å². The van der Waals surface area contributed by atoms with E-state index in [0.29, 0.717) is 4.88 Å². The molecule has 0 radical (unpaired) electrons. The maximum atomic E-state index is 12.5. The van der Waals surface area contributed by atoms with Gasteiger partial charge in [-0.15, -0.1) is 0 Å². The zero-order valence-electron chi connectivity index (χ0n) is 18.8. The van der Waals surface area contributed by atoms with Crippen LogP contribution in [0.15, 0.2) is 54.7 Å². The maximum Gasteiger partial charge on any atom is 0.413 e. The Kier molecular flexibility index (Phi) is 6.65. The van der Waals surface area contributed by atoms with Crippen molar-refractivity contribution in [2.75, 3.05) is 11.9 Å². The van der Waals surface area contributed by atoms with E-state index in [-0.39, 0.29) is 36.4 Å². The van der Waals surface area contributed by atoms with Gasteiger partial charge in [-0.25, -0.2) is 9.78 Å². The average Bonchev–Trinajstić information content (AvgIpc) is 3.39. The Hall–Kier alpha value is -3.72. The number of amides is 2. The van der Waals surface area contributed by atoms with Gasteiger partial charge in [0, 0.05) is 17.9 Å². The van der Waals surface area contributed by atoms with Crippen molar-refractivity contribution in [2.24, 2.45) is 0 Å². The summed E-state index contributed by atoms with van der Waals surface area (Å²) in [5.41, 5.74) is 3.84. The second-order valence-electron chi connectivity index (χ2n) is 8.71. The van der Waals surface area contributed by atoms with Crippen LogP contribution in [0.1, 0.15) is 53.4 Å². The van der Waals surface area contributed by atoms with E-state index in [2.05, 4.69) is 27.8 Å². The van der Waals surface area contributed by atoms with E-state index in [1.165, 1.54) is 6.20 Å². The zero-order valence-corrected chi connectivity index (χ0v) is 19.6. The molecule has 9 heteroatoms. The second kappa shape index (κ2) is 9.64. The van der Waals surface area contributed by atoms with Gasteiger partial charge in [0.1, 0.15) is 11.5 Å². The molecule has 0 saturated carbocycles. The van der Waals surface area contributed by atoms with Gasteiger partial charge in [-0.2, -0.15) is 0 Å². The van der Waals surface area contributed by atoms with Crippen molar-refractivity contribution in [1.29, 1.82) is 0 Å². The van der Waals surface area contributed by atoms with Gasteiger partial charge in [-0.05, 0) is 42.5 Å². The van der Waals surface area contributed by atoms with Crippen LogP contribution in [0, 0.1) is 0 Å². The van der Waals surface area contributed by atoms with Crippen LogP contribution in [0.25, 0.3) is 11.1 Å². The van der Waals surface area contributed by atoms with Gasteiger partial charge in [-0.3, -0.25) is 14.9 Å². The van der Waals surface area contributed by atoms with Crippen molar-refractivity contribution < 1.29 is 24.2 Å². The van der Waals surface area contributed by atoms with Gasteiger partial charge >= 0.3 is 12.1 Å². The smallest absolute Gasteiger partial charge is 0.413 e. The Morgan fingerprint density at radius 2 is 1.68 bits per heavy atom.